The van der Waals surface area contributed by atoms with E-state index in [2.05, 4.69) is 74.5 Å². The summed E-state index contributed by atoms with van der Waals surface area (Å²) in [6, 6.07) is 18.2. The molecule has 0 amide bonds. The van der Waals surface area contributed by atoms with Crippen LogP contribution in [0.5, 0.6) is 0 Å². The third kappa shape index (κ3) is 3.62. The third-order valence-electron chi connectivity index (χ3n) is 5.20. The van der Waals surface area contributed by atoms with Crippen molar-refractivity contribution in [3.63, 3.8) is 0 Å². The zero-order chi connectivity index (χ0) is 15.8. The fraction of sp³-hybridized carbons (Fsp3) is 0.273. The average Bonchev–Trinajstić information content (AvgIpc) is 3.15. The summed E-state index contributed by atoms with van der Waals surface area (Å²) >= 11 is -0.694. The minimum absolute atomic E-state index is 0. The Balaban J connectivity index is 0.00000113. The third-order valence-corrected chi connectivity index (χ3v) is 9.90. The Hall–Kier alpha value is -0.617. The van der Waals surface area contributed by atoms with Crippen molar-refractivity contribution in [1.82, 2.24) is 0 Å². The minimum atomic E-state index is -0.694. The van der Waals surface area contributed by atoms with Crippen LogP contribution in [0.2, 0.25) is 0 Å². The van der Waals surface area contributed by atoms with Crippen LogP contribution in [0.25, 0.3) is 11.1 Å². The van der Waals surface area contributed by atoms with E-state index in [0.717, 1.165) is 5.92 Å². The Morgan fingerprint density at radius 3 is 1.92 bits per heavy atom. The van der Waals surface area contributed by atoms with Crippen LogP contribution in [0.4, 0.5) is 0 Å². The van der Waals surface area contributed by atoms with Crippen molar-refractivity contribution in [2.45, 2.75) is 30.3 Å². The molecule has 2 aliphatic rings. The van der Waals surface area contributed by atoms with Crippen molar-refractivity contribution in [2.24, 2.45) is 5.92 Å². The Morgan fingerprint density at radius 1 is 0.840 bits per heavy atom. The van der Waals surface area contributed by atoms with Gasteiger partial charge in [-0.15, -0.1) is 0 Å². The fourth-order valence-corrected chi connectivity index (χ4v) is 9.10. The Kier molecular flexibility index (Phi) is 7.33. The molecule has 0 spiro atoms. The molecular formula is C22H22Cl2Zr. The van der Waals surface area contributed by atoms with Crippen LogP contribution in [0, 0.1) is 5.92 Å². The number of halogens is 2. The molecule has 25 heavy (non-hydrogen) atoms. The summed E-state index contributed by atoms with van der Waals surface area (Å²) in [5, 5.41) is 0. The average molecular weight is 449 g/mol. The molecule has 128 valence electrons. The number of fused-ring (bicyclic) bond motifs is 3. The molecule has 0 heterocycles. The second-order valence-corrected chi connectivity index (χ2v) is 9.87. The van der Waals surface area contributed by atoms with E-state index in [4.69, 9.17) is 0 Å². The van der Waals surface area contributed by atoms with Crippen molar-refractivity contribution < 1.29 is 48.0 Å². The molecule has 3 heteroatoms. The summed E-state index contributed by atoms with van der Waals surface area (Å²) in [4.78, 5) is 0. The maximum atomic E-state index is 2.46. The smallest absolute Gasteiger partial charge is 1.00 e. The number of hydrogen-bond acceptors (Lipinski definition) is 0. The molecule has 2 aliphatic carbocycles. The molecule has 2 aromatic carbocycles. The van der Waals surface area contributed by atoms with Gasteiger partial charge in [0.05, 0.1) is 0 Å². The van der Waals surface area contributed by atoms with Crippen molar-refractivity contribution in [3.05, 3.63) is 80.7 Å². The summed E-state index contributed by atoms with van der Waals surface area (Å²) in [6.07, 6.45) is 7.32. The Morgan fingerprint density at radius 2 is 1.40 bits per heavy atom. The van der Waals surface area contributed by atoms with Gasteiger partial charge < -0.3 is 24.8 Å². The van der Waals surface area contributed by atoms with E-state index < -0.39 is 23.2 Å². The van der Waals surface area contributed by atoms with Crippen LogP contribution in [0.3, 0.4) is 0 Å². The van der Waals surface area contributed by atoms with E-state index in [0.29, 0.717) is 3.63 Å². The summed E-state index contributed by atoms with van der Waals surface area (Å²) in [5.74, 6) is 0.719. The quantitative estimate of drug-likeness (QED) is 0.623. The predicted molar refractivity (Wildman–Crippen MR) is 94.0 cm³/mol. The minimum Gasteiger partial charge on any atom is -1.00 e. The van der Waals surface area contributed by atoms with Crippen LogP contribution in [-0.2, 0) is 23.2 Å². The van der Waals surface area contributed by atoms with Gasteiger partial charge in [0.1, 0.15) is 0 Å². The standard InChI is InChI=1S/C13H9.C9H13.2ClH.Zr/c1-3-7-12-10(5-1)9-11-6-2-4-8-13(11)12;1-3-8-5-6-9(4-2)7-8;;;/h1-9H;5-6,8H,3-4H2,1-2H3;2*1H;/q;;;;+2/p-2. The molecule has 0 radical (unpaired) electrons. The number of allylic oxidation sites excluding steroid dienone is 4. The van der Waals surface area contributed by atoms with E-state index in [1.54, 1.807) is 16.7 Å². The molecule has 1 unspecified atom stereocenters. The molecule has 0 nitrogen and oxygen atoms in total. The van der Waals surface area contributed by atoms with E-state index >= 15 is 0 Å². The molecular weight excluding hydrogens is 426 g/mol. The van der Waals surface area contributed by atoms with Crippen molar-refractivity contribution in [2.75, 3.05) is 0 Å². The molecule has 0 aromatic heterocycles. The van der Waals surface area contributed by atoms with E-state index in [1.165, 1.54) is 24.0 Å². The Labute approximate surface area is 175 Å². The van der Waals surface area contributed by atoms with Crippen molar-refractivity contribution in [3.8, 4) is 11.1 Å². The zero-order valence-electron chi connectivity index (χ0n) is 14.6. The van der Waals surface area contributed by atoms with Gasteiger partial charge >= 0.3 is 151 Å². The molecule has 4 rings (SSSR count). The molecule has 2 aromatic rings. The number of hydrogen-bond donors (Lipinski definition) is 0. The molecule has 0 aliphatic heterocycles. The first-order chi connectivity index (χ1) is 11.3. The van der Waals surface area contributed by atoms with Gasteiger partial charge in [-0.3, -0.25) is 0 Å². The van der Waals surface area contributed by atoms with Crippen molar-refractivity contribution in [1.29, 1.82) is 0 Å². The van der Waals surface area contributed by atoms with Crippen LogP contribution in [0.1, 0.15) is 41.4 Å². The van der Waals surface area contributed by atoms with Crippen LogP contribution >= 0.6 is 0 Å². The van der Waals surface area contributed by atoms with Gasteiger partial charge in [0.25, 0.3) is 0 Å². The molecule has 0 bridgehead atoms. The summed E-state index contributed by atoms with van der Waals surface area (Å²) in [6.45, 7) is 4.65. The van der Waals surface area contributed by atoms with Gasteiger partial charge in [-0.2, -0.15) is 0 Å². The van der Waals surface area contributed by atoms with Crippen molar-refractivity contribution >= 4 is 0 Å². The van der Waals surface area contributed by atoms with Crippen LogP contribution < -0.4 is 24.8 Å². The fourth-order valence-electron chi connectivity index (χ4n) is 3.97. The van der Waals surface area contributed by atoms with Gasteiger partial charge in [0, 0.05) is 0 Å². The molecule has 0 N–H and O–H groups in total. The predicted octanol–water partition coefficient (Wildman–Crippen LogP) is 0.107. The second-order valence-electron chi connectivity index (χ2n) is 6.42. The normalized spacial score (nSPS) is 17.4. The maximum Gasteiger partial charge on any atom is -1.00 e. The Bertz CT molecular complexity index is 762. The van der Waals surface area contributed by atoms with Crippen LogP contribution in [0.15, 0.2) is 69.5 Å². The molecule has 1 atom stereocenters. The van der Waals surface area contributed by atoms with E-state index in [1.807, 2.05) is 3.28 Å². The van der Waals surface area contributed by atoms with Gasteiger partial charge in [-0.25, -0.2) is 0 Å². The maximum absolute atomic E-state index is 2.46. The number of benzene rings is 2. The zero-order valence-corrected chi connectivity index (χ0v) is 18.6. The van der Waals surface area contributed by atoms with E-state index in [9.17, 15) is 0 Å². The summed E-state index contributed by atoms with van der Waals surface area (Å²) < 4.78 is 2.53. The second kappa shape index (κ2) is 8.85. The van der Waals surface area contributed by atoms with E-state index in [-0.39, 0.29) is 24.8 Å². The van der Waals surface area contributed by atoms with Gasteiger partial charge in [0.2, 0.25) is 0 Å². The van der Waals surface area contributed by atoms with Crippen LogP contribution in [-0.4, -0.2) is 0 Å². The molecule has 0 saturated carbocycles. The molecule has 0 fully saturated rings. The SMILES string of the molecule is CCC1=[C]([Zr+2][CH]2c3ccccc3-c3ccccc32)C(CC)C=C1.[Cl-].[Cl-]. The first-order valence-electron chi connectivity index (χ1n) is 8.69. The number of rotatable bonds is 4. The molecule has 0 saturated heterocycles. The van der Waals surface area contributed by atoms with Gasteiger partial charge in [-0.05, 0) is 0 Å². The summed E-state index contributed by atoms with van der Waals surface area (Å²) in [7, 11) is 0. The van der Waals surface area contributed by atoms with Gasteiger partial charge in [-0.1, -0.05) is 0 Å². The monoisotopic (exact) mass is 446 g/mol. The topological polar surface area (TPSA) is 0 Å². The first-order valence-corrected chi connectivity index (χ1v) is 11.3. The largest absolute Gasteiger partial charge is 1.00 e. The van der Waals surface area contributed by atoms with Gasteiger partial charge in [0.15, 0.2) is 0 Å². The summed E-state index contributed by atoms with van der Waals surface area (Å²) in [5.41, 5.74) is 7.78. The first kappa shape index (κ1) is 20.7.